The average molecular weight is 735 g/mol. The fourth-order valence-electron chi connectivity index (χ4n) is 4.66. The van der Waals surface area contributed by atoms with Crippen LogP contribution in [0.25, 0.3) is 6.08 Å². The molecule has 5 rings (SSSR count). The van der Waals surface area contributed by atoms with Gasteiger partial charge in [-0.05, 0) is 90.9 Å². The molecule has 0 heterocycles. The Morgan fingerprint density at radius 3 is 2.08 bits per heavy atom. The number of ether oxygens (including phenoxy) is 1. The molecular weight excluding hydrogens is 702 g/mol. The maximum absolute atomic E-state index is 13.7. The van der Waals surface area contributed by atoms with Crippen LogP contribution in [0, 0.1) is 0 Å². The van der Waals surface area contributed by atoms with E-state index in [1.807, 2.05) is 66.7 Å². The van der Waals surface area contributed by atoms with Gasteiger partial charge in [-0.15, -0.1) is 11.8 Å². The van der Waals surface area contributed by atoms with Gasteiger partial charge in [-0.25, -0.2) is 4.79 Å². The van der Waals surface area contributed by atoms with Crippen LogP contribution < -0.4 is 16.0 Å². The highest BCUT2D eigenvalue weighted by atomic mass is 79.9. The molecule has 0 fully saturated rings. The number of nitrogens with one attached hydrogen (secondary N) is 3. The Balaban J connectivity index is 1.35. The molecule has 5 aromatic rings. The fraction of sp³-hybridized carbons (Fsp3) is 0.0769. The van der Waals surface area contributed by atoms with E-state index in [2.05, 4.69) is 31.9 Å². The van der Waals surface area contributed by atoms with Crippen LogP contribution in [0.2, 0.25) is 0 Å². The van der Waals surface area contributed by atoms with E-state index in [0.29, 0.717) is 22.5 Å². The van der Waals surface area contributed by atoms with E-state index in [1.165, 1.54) is 11.8 Å². The highest BCUT2D eigenvalue weighted by molar-refractivity contribution is 9.10. The summed E-state index contributed by atoms with van der Waals surface area (Å²) in [7, 11) is 0. The minimum atomic E-state index is -0.644. The molecular formula is C39H32BrN3O5S. The standard InChI is InChI=1S/C39H32BrN3O5S/c1-2-48-39(47)29-18-22-31(23-19-29)41-38(46)35(27-10-5-3-6-11-27)49-33-15-9-14-32(25-33)42-37(45)34(24-26-16-20-30(40)21-17-26)43-36(44)28-12-7-4-8-13-28/h3-25,35H,2H2,1H3,(H,41,46)(H,42,45)(H,43,44)/b34-24-. The molecule has 0 aliphatic rings. The van der Waals surface area contributed by atoms with Crippen LogP contribution >= 0.6 is 27.7 Å². The molecule has 0 saturated heterocycles. The number of carbonyl (C=O) groups excluding carboxylic acids is 4. The normalized spacial score (nSPS) is 11.6. The second-order valence-corrected chi connectivity index (χ2v) is 12.7. The van der Waals surface area contributed by atoms with Gasteiger partial charge in [0.1, 0.15) is 10.9 Å². The second-order valence-electron chi connectivity index (χ2n) is 10.6. The van der Waals surface area contributed by atoms with Crippen molar-refractivity contribution in [2.75, 3.05) is 17.2 Å². The number of thioether (sulfide) groups is 1. The Kier molecular flexibility index (Phi) is 12.2. The van der Waals surface area contributed by atoms with E-state index < -0.39 is 23.0 Å². The average Bonchev–Trinajstić information content (AvgIpc) is 3.12. The molecule has 10 heteroatoms. The molecule has 0 radical (unpaired) electrons. The summed E-state index contributed by atoms with van der Waals surface area (Å²) in [6.07, 6.45) is 1.61. The van der Waals surface area contributed by atoms with E-state index in [4.69, 9.17) is 4.74 Å². The molecule has 3 amide bonds. The maximum atomic E-state index is 13.7. The molecule has 8 nitrogen and oxygen atoms in total. The first kappa shape index (κ1) is 34.9. The van der Waals surface area contributed by atoms with Crippen LogP contribution in [-0.2, 0) is 14.3 Å². The van der Waals surface area contributed by atoms with Crippen molar-refractivity contribution in [3.05, 3.63) is 166 Å². The number of esters is 1. The quantitative estimate of drug-likeness (QED) is 0.0673. The van der Waals surface area contributed by atoms with Gasteiger partial charge in [0.15, 0.2) is 0 Å². The minimum absolute atomic E-state index is 0.0600. The lowest BCUT2D eigenvalue weighted by atomic mass is 10.1. The van der Waals surface area contributed by atoms with E-state index in [0.717, 1.165) is 20.5 Å². The van der Waals surface area contributed by atoms with Crippen molar-refractivity contribution in [2.24, 2.45) is 0 Å². The number of anilines is 2. The molecule has 0 bridgehead atoms. The van der Waals surface area contributed by atoms with Gasteiger partial charge in [-0.3, -0.25) is 14.4 Å². The molecule has 0 aromatic heterocycles. The summed E-state index contributed by atoms with van der Waals surface area (Å²) in [5, 5.41) is 7.95. The van der Waals surface area contributed by atoms with E-state index in [1.54, 1.807) is 79.7 Å². The lowest BCUT2D eigenvalue weighted by molar-refractivity contribution is -0.116. The smallest absolute Gasteiger partial charge is 0.338 e. The van der Waals surface area contributed by atoms with Crippen LogP contribution in [0.5, 0.6) is 0 Å². The molecule has 0 aliphatic heterocycles. The van der Waals surface area contributed by atoms with Gasteiger partial charge in [0, 0.05) is 26.3 Å². The zero-order valence-corrected chi connectivity index (χ0v) is 28.8. The maximum Gasteiger partial charge on any atom is 0.338 e. The zero-order chi connectivity index (χ0) is 34.6. The minimum Gasteiger partial charge on any atom is -0.462 e. The second kappa shape index (κ2) is 17.1. The summed E-state index contributed by atoms with van der Waals surface area (Å²) in [5.41, 5.74) is 3.38. The first-order valence-electron chi connectivity index (χ1n) is 15.3. The van der Waals surface area contributed by atoms with Crippen molar-refractivity contribution < 1.29 is 23.9 Å². The van der Waals surface area contributed by atoms with Crippen molar-refractivity contribution in [3.63, 3.8) is 0 Å². The summed E-state index contributed by atoms with van der Waals surface area (Å²) < 4.78 is 5.93. The van der Waals surface area contributed by atoms with Crippen molar-refractivity contribution in [2.45, 2.75) is 17.1 Å². The van der Waals surface area contributed by atoms with Gasteiger partial charge in [-0.1, -0.05) is 82.7 Å². The van der Waals surface area contributed by atoms with Crippen molar-refractivity contribution in [1.29, 1.82) is 0 Å². The van der Waals surface area contributed by atoms with Crippen molar-refractivity contribution >= 4 is 68.8 Å². The highest BCUT2D eigenvalue weighted by Gasteiger charge is 2.23. The number of carbonyl (C=O) groups is 4. The molecule has 1 atom stereocenters. The van der Waals surface area contributed by atoms with Gasteiger partial charge >= 0.3 is 5.97 Å². The number of hydrogen-bond acceptors (Lipinski definition) is 6. The monoisotopic (exact) mass is 733 g/mol. The molecule has 49 heavy (non-hydrogen) atoms. The lowest BCUT2D eigenvalue weighted by Crippen LogP contribution is -2.30. The van der Waals surface area contributed by atoms with Gasteiger partial charge in [0.25, 0.3) is 11.8 Å². The van der Waals surface area contributed by atoms with Crippen LogP contribution in [0.15, 0.2) is 149 Å². The summed E-state index contributed by atoms with van der Waals surface area (Å²) >= 11 is 4.74. The van der Waals surface area contributed by atoms with E-state index in [-0.39, 0.29) is 18.2 Å². The predicted molar refractivity (Wildman–Crippen MR) is 197 cm³/mol. The van der Waals surface area contributed by atoms with Crippen LogP contribution in [-0.4, -0.2) is 30.3 Å². The Labute approximate surface area is 297 Å². The van der Waals surface area contributed by atoms with Crippen LogP contribution in [0.1, 0.15) is 44.0 Å². The topological polar surface area (TPSA) is 114 Å². The van der Waals surface area contributed by atoms with Gasteiger partial charge in [-0.2, -0.15) is 0 Å². The number of halogens is 1. The molecule has 3 N–H and O–H groups in total. The Morgan fingerprint density at radius 1 is 0.735 bits per heavy atom. The largest absolute Gasteiger partial charge is 0.462 e. The fourth-order valence-corrected chi connectivity index (χ4v) is 6.01. The first-order valence-corrected chi connectivity index (χ1v) is 17.0. The highest BCUT2D eigenvalue weighted by Crippen LogP contribution is 2.37. The van der Waals surface area contributed by atoms with Gasteiger partial charge in [0.2, 0.25) is 5.91 Å². The number of hydrogen-bond donors (Lipinski definition) is 3. The summed E-state index contributed by atoms with van der Waals surface area (Å²) in [6, 6.07) is 39.0. The molecule has 0 aliphatic carbocycles. The number of benzene rings is 5. The molecule has 5 aromatic carbocycles. The third kappa shape index (κ3) is 10.0. The Bertz CT molecular complexity index is 1950. The first-order chi connectivity index (χ1) is 23.8. The Morgan fingerprint density at radius 2 is 1.41 bits per heavy atom. The van der Waals surface area contributed by atoms with Crippen LogP contribution in [0.4, 0.5) is 11.4 Å². The molecule has 0 spiro atoms. The summed E-state index contributed by atoms with van der Waals surface area (Å²) in [6.45, 7) is 2.01. The summed E-state index contributed by atoms with van der Waals surface area (Å²) in [5.74, 6) is -1.63. The molecule has 0 saturated carbocycles. The molecule has 246 valence electrons. The van der Waals surface area contributed by atoms with Crippen molar-refractivity contribution in [3.8, 4) is 0 Å². The van der Waals surface area contributed by atoms with E-state index in [9.17, 15) is 19.2 Å². The number of rotatable bonds is 12. The summed E-state index contributed by atoms with van der Waals surface area (Å²) in [4.78, 5) is 53.1. The lowest BCUT2D eigenvalue weighted by Gasteiger charge is -2.18. The third-order valence-corrected chi connectivity index (χ3v) is 8.84. The molecule has 1 unspecified atom stereocenters. The SMILES string of the molecule is CCOC(=O)c1ccc(NC(=O)C(Sc2cccc(NC(=O)/C(=C/c3ccc(Br)cc3)NC(=O)c3ccccc3)c2)c2ccccc2)cc1. The van der Waals surface area contributed by atoms with Crippen molar-refractivity contribution in [1.82, 2.24) is 5.32 Å². The number of amides is 3. The van der Waals surface area contributed by atoms with Gasteiger partial charge in [0.05, 0.1) is 12.2 Å². The zero-order valence-electron chi connectivity index (χ0n) is 26.4. The predicted octanol–water partition coefficient (Wildman–Crippen LogP) is 8.51. The Hall–Kier alpha value is -5.45. The van der Waals surface area contributed by atoms with Gasteiger partial charge < -0.3 is 20.7 Å². The van der Waals surface area contributed by atoms with Crippen LogP contribution in [0.3, 0.4) is 0 Å². The third-order valence-electron chi connectivity index (χ3n) is 7.06. The van der Waals surface area contributed by atoms with E-state index >= 15 is 0 Å².